The second kappa shape index (κ2) is 6.51. The van der Waals surface area contributed by atoms with E-state index in [2.05, 4.69) is 31.7 Å². The van der Waals surface area contributed by atoms with Gasteiger partial charge in [0.25, 0.3) is 0 Å². The van der Waals surface area contributed by atoms with Gasteiger partial charge in [0.15, 0.2) is 0 Å². The highest BCUT2D eigenvalue weighted by Gasteiger charge is 2.12. The third-order valence-corrected chi connectivity index (χ3v) is 3.27. The van der Waals surface area contributed by atoms with Gasteiger partial charge in [0, 0.05) is 18.1 Å². The van der Waals surface area contributed by atoms with Gasteiger partial charge in [-0.3, -0.25) is 0 Å². The first kappa shape index (κ1) is 13.9. The molecule has 0 heterocycles. The molecule has 0 bridgehead atoms. The number of rotatable bonds is 5. The Kier molecular flexibility index (Phi) is 5.31. The van der Waals surface area contributed by atoms with E-state index in [0.29, 0.717) is 16.5 Å². The molecule has 1 rings (SSSR count). The van der Waals surface area contributed by atoms with E-state index in [1.807, 2.05) is 12.1 Å². The lowest BCUT2D eigenvalue weighted by molar-refractivity contribution is 0.548. The Morgan fingerprint density at radius 1 is 1.41 bits per heavy atom. The summed E-state index contributed by atoms with van der Waals surface area (Å²) in [6.07, 6.45) is 1.14. The Bertz CT molecular complexity index is 409. The monoisotopic (exact) mass is 250 g/mol. The number of nitrogens with zero attached hydrogens (tertiary/aromatic N) is 2. The Labute approximate surface area is 109 Å². The van der Waals surface area contributed by atoms with E-state index in [4.69, 9.17) is 16.9 Å². The van der Waals surface area contributed by atoms with Gasteiger partial charge in [0.1, 0.15) is 6.07 Å². The fraction of sp³-hybridized carbons (Fsp3) is 0.500. The van der Waals surface area contributed by atoms with Gasteiger partial charge in [-0.2, -0.15) is 5.26 Å². The summed E-state index contributed by atoms with van der Waals surface area (Å²) in [4.78, 5) is 2.24. The summed E-state index contributed by atoms with van der Waals surface area (Å²) in [5.74, 6) is 0.622. The van der Waals surface area contributed by atoms with Crippen molar-refractivity contribution in [2.24, 2.45) is 5.92 Å². The van der Waals surface area contributed by atoms with Crippen LogP contribution in [0.15, 0.2) is 18.2 Å². The number of hydrogen-bond acceptors (Lipinski definition) is 2. The lowest BCUT2D eigenvalue weighted by Gasteiger charge is -2.27. The third-order valence-electron chi connectivity index (χ3n) is 3.03. The quantitative estimate of drug-likeness (QED) is 0.787. The highest BCUT2D eigenvalue weighted by molar-refractivity contribution is 6.30. The number of nitriles is 1. The predicted molar refractivity (Wildman–Crippen MR) is 73.5 cm³/mol. The molecule has 0 saturated heterocycles. The van der Waals surface area contributed by atoms with Gasteiger partial charge in [-0.15, -0.1) is 0 Å². The molecule has 0 aliphatic carbocycles. The summed E-state index contributed by atoms with van der Waals surface area (Å²) >= 11 is 5.91. The van der Waals surface area contributed by atoms with Crippen LogP contribution in [-0.4, -0.2) is 13.1 Å². The number of benzene rings is 1. The van der Waals surface area contributed by atoms with Gasteiger partial charge < -0.3 is 4.90 Å². The smallest absolute Gasteiger partial charge is 0.101 e. The van der Waals surface area contributed by atoms with E-state index in [9.17, 15) is 0 Å². The molecular weight excluding hydrogens is 232 g/mol. The zero-order valence-corrected chi connectivity index (χ0v) is 11.5. The molecule has 0 amide bonds. The zero-order chi connectivity index (χ0) is 12.8. The molecule has 0 radical (unpaired) electrons. The van der Waals surface area contributed by atoms with Crippen LogP contribution in [0.2, 0.25) is 5.02 Å². The maximum Gasteiger partial charge on any atom is 0.101 e. The lowest BCUT2D eigenvalue weighted by atomic mass is 10.1. The van der Waals surface area contributed by atoms with E-state index in [1.54, 1.807) is 6.07 Å². The molecule has 0 N–H and O–H groups in total. The molecule has 1 unspecified atom stereocenters. The minimum atomic E-state index is 0.616. The molecule has 0 fully saturated rings. The van der Waals surface area contributed by atoms with Crippen molar-refractivity contribution in [3.63, 3.8) is 0 Å². The van der Waals surface area contributed by atoms with Crippen LogP contribution in [0.25, 0.3) is 0 Å². The molecule has 92 valence electrons. The van der Waals surface area contributed by atoms with Gasteiger partial charge in [-0.1, -0.05) is 31.9 Å². The summed E-state index contributed by atoms with van der Waals surface area (Å²) < 4.78 is 0. The molecule has 1 atom stereocenters. The second-order valence-electron chi connectivity index (χ2n) is 4.33. The predicted octanol–water partition coefficient (Wildman–Crippen LogP) is 4.08. The molecule has 0 aromatic heterocycles. The molecule has 0 aliphatic heterocycles. The summed E-state index contributed by atoms with van der Waals surface area (Å²) in [5.41, 5.74) is 1.64. The van der Waals surface area contributed by atoms with Gasteiger partial charge in [0.05, 0.1) is 11.3 Å². The molecule has 0 aliphatic rings. The lowest BCUT2D eigenvalue weighted by Crippen LogP contribution is -2.28. The fourth-order valence-electron chi connectivity index (χ4n) is 1.78. The van der Waals surface area contributed by atoms with Crippen molar-refractivity contribution in [2.45, 2.75) is 27.2 Å². The van der Waals surface area contributed by atoms with Gasteiger partial charge in [-0.05, 0) is 31.0 Å². The molecule has 0 spiro atoms. The Balaban J connectivity index is 3.00. The average molecular weight is 251 g/mol. The van der Waals surface area contributed by atoms with E-state index in [0.717, 1.165) is 25.2 Å². The third kappa shape index (κ3) is 3.64. The Hall–Kier alpha value is -1.20. The minimum Gasteiger partial charge on any atom is -0.370 e. The van der Waals surface area contributed by atoms with Crippen LogP contribution in [0, 0.1) is 17.2 Å². The van der Waals surface area contributed by atoms with Crippen molar-refractivity contribution in [2.75, 3.05) is 18.0 Å². The number of halogens is 1. The van der Waals surface area contributed by atoms with Crippen molar-refractivity contribution in [1.82, 2.24) is 0 Å². The van der Waals surface area contributed by atoms with Crippen LogP contribution in [-0.2, 0) is 0 Å². The fourth-order valence-corrected chi connectivity index (χ4v) is 1.95. The maximum atomic E-state index is 9.14. The molecule has 3 heteroatoms. The van der Waals surface area contributed by atoms with Gasteiger partial charge in [0.2, 0.25) is 0 Å². The van der Waals surface area contributed by atoms with Crippen molar-refractivity contribution < 1.29 is 0 Å². The highest BCUT2D eigenvalue weighted by Crippen LogP contribution is 2.24. The van der Waals surface area contributed by atoms with Crippen molar-refractivity contribution in [3.05, 3.63) is 28.8 Å². The van der Waals surface area contributed by atoms with E-state index in [-0.39, 0.29) is 0 Å². The average Bonchev–Trinajstić information content (AvgIpc) is 2.35. The SMILES string of the molecule is CCC(C)CN(CC)c1ccc(Cl)cc1C#N. The maximum absolute atomic E-state index is 9.14. The van der Waals surface area contributed by atoms with Gasteiger partial charge >= 0.3 is 0 Å². The summed E-state index contributed by atoms with van der Waals surface area (Å²) in [7, 11) is 0. The summed E-state index contributed by atoms with van der Waals surface area (Å²) in [6.45, 7) is 8.40. The van der Waals surface area contributed by atoms with Crippen LogP contribution >= 0.6 is 11.6 Å². The first-order valence-corrected chi connectivity index (χ1v) is 6.44. The van der Waals surface area contributed by atoms with E-state index < -0.39 is 0 Å². The van der Waals surface area contributed by atoms with E-state index >= 15 is 0 Å². The first-order chi connectivity index (χ1) is 8.12. The van der Waals surface area contributed by atoms with Crippen LogP contribution in [0.4, 0.5) is 5.69 Å². The van der Waals surface area contributed by atoms with E-state index in [1.165, 1.54) is 0 Å². The number of anilines is 1. The topological polar surface area (TPSA) is 27.0 Å². The zero-order valence-electron chi connectivity index (χ0n) is 10.7. The molecule has 1 aromatic carbocycles. The van der Waals surface area contributed by atoms with Crippen molar-refractivity contribution >= 4 is 17.3 Å². The van der Waals surface area contributed by atoms with Gasteiger partial charge in [-0.25, -0.2) is 0 Å². The minimum absolute atomic E-state index is 0.616. The van der Waals surface area contributed by atoms with Crippen LogP contribution in [0.5, 0.6) is 0 Å². The standard InChI is InChI=1S/C14H19ClN2/c1-4-11(3)10-17(5-2)14-7-6-13(15)8-12(14)9-16/h6-8,11H,4-5,10H2,1-3H3. The second-order valence-corrected chi connectivity index (χ2v) is 4.76. The molecule has 1 aromatic rings. The summed E-state index contributed by atoms with van der Waals surface area (Å²) in [5, 5.41) is 9.76. The van der Waals surface area contributed by atoms with Crippen LogP contribution in [0.1, 0.15) is 32.8 Å². The van der Waals surface area contributed by atoms with Crippen molar-refractivity contribution in [3.8, 4) is 6.07 Å². The first-order valence-electron chi connectivity index (χ1n) is 6.06. The molecule has 2 nitrogen and oxygen atoms in total. The van der Waals surface area contributed by atoms with Crippen molar-refractivity contribution in [1.29, 1.82) is 5.26 Å². The Morgan fingerprint density at radius 3 is 2.65 bits per heavy atom. The van der Waals surface area contributed by atoms with Crippen LogP contribution < -0.4 is 4.90 Å². The normalized spacial score (nSPS) is 11.9. The molecular formula is C14H19ClN2. The number of hydrogen-bond donors (Lipinski definition) is 0. The summed E-state index contributed by atoms with van der Waals surface area (Å²) in [6, 6.07) is 7.73. The Morgan fingerprint density at radius 2 is 2.12 bits per heavy atom. The largest absolute Gasteiger partial charge is 0.370 e. The molecule has 17 heavy (non-hydrogen) atoms. The van der Waals surface area contributed by atoms with Crippen LogP contribution in [0.3, 0.4) is 0 Å². The molecule has 0 saturated carbocycles. The highest BCUT2D eigenvalue weighted by atomic mass is 35.5.